The largest absolute Gasteiger partial charge is 0.393 e. The maximum Gasteiger partial charge on any atom is 0.108 e. The van der Waals surface area contributed by atoms with Gasteiger partial charge in [0.05, 0.1) is 79.8 Å². The van der Waals surface area contributed by atoms with Crippen LogP contribution >= 0.6 is 0 Å². The van der Waals surface area contributed by atoms with E-state index < -0.39 is 5.60 Å². The van der Waals surface area contributed by atoms with E-state index in [1.165, 1.54) is 0 Å². The lowest BCUT2D eigenvalue weighted by Crippen LogP contribution is -2.68. The van der Waals surface area contributed by atoms with Crippen molar-refractivity contribution in [3.8, 4) is 11.8 Å². The van der Waals surface area contributed by atoms with Gasteiger partial charge in [-0.3, -0.25) is 14.7 Å². The first-order valence-corrected chi connectivity index (χ1v) is 20.4. The Bertz CT molecular complexity index is 1160. The van der Waals surface area contributed by atoms with Crippen LogP contribution in [0.1, 0.15) is 79.1 Å². The summed E-state index contributed by atoms with van der Waals surface area (Å²) in [5, 5.41) is 20.8. The van der Waals surface area contributed by atoms with Crippen LogP contribution in [-0.4, -0.2) is 195 Å². The number of nitrogens with zero attached hydrogens (tertiary/aromatic N) is 4. The van der Waals surface area contributed by atoms with Crippen molar-refractivity contribution in [2.75, 3.05) is 106 Å². The van der Waals surface area contributed by atoms with Crippen LogP contribution in [0.5, 0.6) is 0 Å². The lowest BCUT2D eigenvalue weighted by Gasteiger charge is -2.56. The number of piperidine rings is 2. The lowest BCUT2D eigenvalue weighted by molar-refractivity contribution is -0.219. The molecule has 0 amide bonds. The number of ether oxygens (including phenoxy) is 6. The molecule has 0 aromatic rings. The van der Waals surface area contributed by atoms with Crippen LogP contribution in [0, 0.1) is 11.8 Å². The molecule has 4 saturated heterocycles. The number of morpholine rings is 2. The SMILES string of the molecule is COC1CC(OCCN2CCC3(CC2C2CN(CC#CCOC(C)C)CC4(CCN(CC5(O)CC(O)C5)CC4)O2)CN(CCOC(C)C)CCO3)C1. The van der Waals surface area contributed by atoms with Gasteiger partial charge in [-0.25, -0.2) is 0 Å². The molecule has 52 heavy (non-hydrogen) atoms. The molecule has 0 aromatic heterocycles. The molecule has 6 rings (SSSR count). The van der Waals surface area contributed by atoms with E-state index in [0.29, 0.717) is 45.2 Å². The third-order valence-electron chi connectivity index (χ3n) is 12.4. The molecule has 2 N–H and O–H groups in total. The molecule has 6 aliphatic rings. The van der Waals surface area contributed by atoms with Gasteiger partial charge in [-0.2, -0.15) is 0 Å². The highest BCUT2D eigenvalue weighted by molar-refractivity contribution is 5.08. The highest BCUT2D eigenvalue weighted by Gasteiger charge is 2.52. The molecule has 2 saturated carbocycles. The van der Waals surface area contributed by atoms with Gasteiger partial charge >= 0.3 is 0 Å². The fourth-order valence-corrected chi connectivity index (χ4v) is 9.39. The molecule has 6 fully saturated rings. The summed E-state index contributed by atoms with van der Waals surface area (Å²) in [4.78, 5) is 10.1. The van der Waals surface area contributed by atoms with Gasteiger partial charge in [0, 0.05) is 91.4 Å². The highest BCUT2D eigenvalue weighted by atomic mass is 16.5. The molecular weight excluding hydrogens is 664 g/mol. The first-order valence-electron chi connectivity index (χ1n) is 20.4. The van der Waals surface area contributed by atoms with E-state index in [9.17, 15) is 10.2 Å². The van der Waals surface area contributed by atoms with Crippen LogP contribution in [0.15, 0.2) is 0 Å². The smallest absolute Gasteiger partial charge is 0.108 e. The zero-order valence-electron chi connectivity index (χ0n) is 32.9. The van der Waals surface area contributed by atoms with Gasteiger partial charge in [0.15, 0.2) is 0 Å². The Morgan fingerprint density at radius 3 is 2.25 bits per heavy atom. The third kappa shape index (κ3) is 11.1. The van der Waals surface area contributed by atoms with Crippen molar-refractivity contribution < 1.29 is 38.6 Å². The second kappa shape index (κ2) is 18.4. The number of rotatable bonds is 15. The summed E-state index contributed by atoms with van der Waals surface area (Å²) in [6.07, 6.45) is 7.29. The Morgan fingerprint density at radius 2 is 1.54 bits per heavy atom. The maximum absolute atomic E-state index is 10.9. The molecule has 3 unspecified atom stereocenters. The van der Waals surface area contributed by atoms with Crippen molar-refractivity contribution >= 4 is 0 Å². The van der Waals surface area contributed by atoms with Crippen molar-refractivity contribution in [1.82, 2.24) is 19.6 Å². The predicted molar refractivity (Wildman–Crippen MR) is 199 cm³/mol. The number of hydrogen-bond acceptors (Lipinski definition) is 12. The molecule has 4 aliphatic heterocycles. The van der Waals surface area contributed by atoms with Crippen LogP contribution < -0.4 is 0 Å². The molecule has 4 heterocycles. The van der Waals surface area contributed by atoms with E-state index in [1.54, 1.807) is 7.11 Å². The number of hydrogen-bond donors (Lipinski definition) is 2. The zero-order chi connectivity index (χ0) is 36.8. The number of methoxy groups -OCH3 is 1. The lowest BCUT2D eigenvalue weighted by atomic mass is 9.76. The Balaban J connectivity index is 1.16. The number of β-amino-alcohol motifs (C(OH)–C–C–N with tert-alkyl or cyclic N) is 1. The van der Waals surface area contributed by atoms with Crippen molar-refractivity contribution in [3.63, 3.8) is 0 Å². The average molecular weight is 735 g/mol. The molecular formula is C40H70N4O8. The van der Waals surface area contributed by atoms with Gasteiger partial charge in [0.1, 0.15) is 6.61 Å². The second-order valence-electron chi connectivity index (χ2n) is 17.4. The van der Waals surface area contributed by atoms with Crippen molar-refractivity contribution in [2.24, 2.45) is 0 Å². The quantitative estimate of drug-likeness (QED) is 0.241. The topological polar surface area (TPSA) is 109 Å². The highest BCUT2D eigenvalue weighted by Crippen LogP contribution is 2.41. The Labute approximate surface area is 313 Å². The standard InChI is InChI=1S/C40H70N4O8/c1-31(2)48-18-7-6-11-43-27-37(52-39(29-43)8-12-41(13-9-39)28-38(46)24-33(45)25-38)36-26-40(30-42(16-21-51-40)15-19-49-32(3)4)10-14-44(36)17-20-50-35-22-34(23-35)47-5/h31-37,45-46H,8-30H2,1-5H3. The molecule has 0 radical (unpaired) electrons. The number of aliphatic hydroxyl groups is 2. The van der Waals surface area contributed by atoms with Gasteiger partial charge in [-0.1, -0.05) is 11.8 Å². The second-order valence-corrected chi connectivity index (χ2v) is 17.4. The van der Waals surface area contributed by atoms with Crippen LogP contribution in [0.25, 0.3) is 0 Å². The summed E-state index contributed by atoms with van der Waals surface area (Å²) in [6, 6.07) is 0.185. The van der Waals surface area contributed by atoms with E-state index in [2.05, 4.69) is 45.3 Å². The van der Waals surface area contributed by atoms with E-state index in [0.717, 1.165) is 111 Å². The van der Waals surface area contributed by atoms with Gasteiger partial charge in [-0.15, -0.1) is 0 Å². The molecule has 12 nitrogen and oxygen atoms in total. The van der Waals surface area contributed by atoms with E-state index in [4.69, 9.17) is 28.4 Å². The minimum Gasteiger partial charge on any atom is -0.393 e. The van der Waals surface area contributed by atoms with Crippen LogP contribution in [0.3, 0.4) is 0 Å². The Kier molecular flexibility index (Phi) is 14.4. The third-order valence-corrected chi connectivity index (χ3v) is 12.4. The first kappa shape index (κ1) is 40.7. The minimum atomic E-state index is -0.767. The van der Waals surface area contributed by atoms with Crippen molar-refractivity contribution in [3.05, 3.63) is 0 Å². The summed E-state index contributed by atoms with van der Waals surface area (Å²) < 4.78 is 37.7. The maximum atomic E-state index is 10.9. The van der Waals surface area contributed by atoms with Gasteiger partial charge < -0.3 is 43.5 Å². The summed E-state index contributed by atoms with van der Waals surface area (Å²) >= 11 is 0. The number of aliphatic hydroxyl groups excluding tert-OH is 1. The summed E-state index contributed by atoms with van der Waals surface area (Å²) in [5.74, 6) is 6.68. The molecule has 0 aromatic carbocycles. The molecule has 2 aliphatic carbocycles. The van der Waals surface area contributed by atoms with E-state index in [1.807, 2.05) is 13.8 Å². The van der Waals surface area contributed by atoms with Gasteiger partial charge in [-0.05, 0) is 66.2 Å². The molecule has 298 valence electrons. The molecule has 3 atom stereocenters. The fourth-order valence-electron chi connectivity index (χ4n) is 9.39. The van der Waals surface area contributed by atoms with E-state index in [-0.39, 0.29) is 47.8 Å². The van der Waals surface area contributed by atoms with Gasteiger partial charge in [0.2, 0.25) is 0 Å². The monoisotopic (exact) mass is 735 g/mol. The van der Waals surface area contributed by atoms with Crippen LogP contribution in [-0.2, 0) is 28.4 Å². The Morgan fingerprint density at radius 1 is 0.808 bits per heavy atom. The minimum absolute atomic E-state index is 0.00183. The van der Waals surface area contributed by atoms with Crippen LogP contribution in [0.4, 0.5) is 0 Å². The zero-order valence-corrected chi connectivity index (χ0v) is 32.9. The van der Waals surface area contributed by atoms with E-state index >= 15 is 0 Å². The summed E-state index contributed by atoms with van der Waals surface area (Å²) in [7, 11) is 1.79. The average Bonchev–Trinajstić information content (AvgIpc) is 3.06. The molecule has 12 heteroatoms. The van der Waals surface area contributed by atoms with Crippen molar-refractivity contribution in [2.45, 2.75) is 139 Å². The summed E-state index contributed by atoms with van der Waals surface area (Å²) in [5.41, 5.74) is -1.26. The molecule has 0 bridgehead atoms. The Hall–Kier alpha value is -0.920. The molecule has 2 spiro atoms. The van der Waals surface area contributed by atoms with Crippen molar-refractivity contribution in [1.29, 1.82) is 0 Å². The summed E-state index contributed by atoms with van der Waals surface area (Å²) in [6.45, 7) is 20.3. The number of likely N-dealkylation sites (tertiary alicyclic amines) is 2. The normalized spacial score (nSPS) is 36.2. The van der Waals surface area contributed by atoms with Crippen LogP contribution in [0.2, 0.25) is 0 Å². The first-order chi connectivity index (χ1) is 24.9. The van der Waals surface area contributed by atoms with Gasteiger partial charge in [0.25, 0.3) is 0 Å². The predicted octanol–water partition coefficient (Wildman–Crippen LogP) is 1.99. The fraction of sp³-hybridized carbons (Fsp3) is 0.950.